The Bertz CT molecular complexity index is 937. The van der Waals surface area contributed by atoms with Crippen LogP contribution in [0.15, 0.2) is 49.7 Å². The van der Waals surface area contributed by atoms with Crippen molar-refractivity contribution >= 4 is 37.9 Å². The number of benzene rings is 1. The summed E-state index contributed by atoms with van der Waals surface area (Å²) in [6.07, 6.45) is 0. The van der Waals surface area contributed by atoms with E-state index in [4.69, 9.17) is 8.83 Å². The van der Waals surface area contributed by atoms with Gasteiger partial charge in [0.15, 0.2) is 5.58 Å². The van der Waals surface area contributed by atoms with E-state index in [0.717, 1.165) is 43.5 Å². The van der Waals surface area contributed by atoms with Gasteiger partial charge in [-0.05, 0) is 43.7 Å². The number of aryl methyl sites for hydroxylation is 2. The first-order valence-corrected chi connectivity index (χ1v) is 7.27. The van der Waals surface area contributed by atoms with Crippen molar-refractivity contribution in [2.45, 2.75) is 13.8 Å². The summed E-state index contributed by atoms with van der Waals surface area (Å²) in [5, 5.41) is 2.21. The van der Waals surface area contributed by atoms with Crippen LogP contribution in [0.25, 0.3) is 33.3 Å². The number of fused-ring (bicyclic) bond motifs is 5. The van der Waals surface area contributed by atoms with Crippen LogP contribution in [0, 0.1) is 13.8 Å². The van der Waals surface area contributed by atoms with Gasteiger partial charge < -0.3 is 4.42 Å². The molecular formula is C17H12BrO2+. The molecule has 20 heavy (non-hydrogen) atoms. The van der Waals surface area contributed by atoms with Crippen molar-refractivity contribution < 1.29 is 8.83 Å². The molecule has 0 saturated carbocycles. The van der Waals surface area contributed by atoms with Crippen LogP contribution in [-0.4, -0.2) is 0 Å². The molecule has 2 heterocycles. The van der Waals surface area contributed by atoms with Gasteiger partial charge in [-0.15, -0.1) is 0 Å². The summed E-state index contributed by atoms with van der Waals surface area (Å²) in [6, 6.07) is 12.2. The van der Waals surface area contributed by atoms with E-state index in [9.17, 15) is 0 Å². The summed E-state index contributed by atoms with van der Waals surface area (Å²) in [5.74, 6) is 1.77. The molecular weight excluding hydrogens is 316 g/mol. The molecule has 0 unspecified atom stereocenters. The Kier molecular flexibility index (Phi) is 2.42. The van der Waals surface area contributed by atoms with Gasteiger partial charge in [-0.1, -0.05) is 15.9 Å². The van der Waals surface area contributed by atoms with E-state index in [0.29, 0.717) is 0 Å². The van der Waals surface area contributed by atoms with E-state index in [-0.39, 0.29) is 0 Å². The third-order valence-corrected chi connectivity index (χ3v) is 4.16. The Morgan fingerprint density at radius 3 is 2.70 bits per heavy atom. The van der Waals surface area contributed by atoms with Gasteiger partial charge in [0.2, 0.25) is 0 Å². The molecule has 98 valence electrons. The van der Waals surface area contributed by atoms with Gasteiger partial charge in [0, 0.05) is 22.0 Å². The van der Waals surface area contributed by atoms with Crippen LogP contribution in [0.1, 0.15) is 11.3 Å². The first kappa shape index (κ1) is 11.9. The molecule has 0 N–H and O–H groups in total. The van der Waals surface area contributed by atoms with Crippen LogP contribution in [0.2, 0.25) is 0 Å². The molecule has 1 aliphatic heterocycles. The Labute approximate surface area is 124 Å². The van der Waals surface area contributed by atoms with Crippen molar-refractivity contribution in [3.63, 3.8) is 0 Å². The molecule has 1 aromatic heterocycles. The summed E-state index contributed by atoms with van der Waals surface area (Å²) in [6.45, 7) is 4.07. The standard InChI is InChI=1S/C17H12BrO2/c1-9-3-5-15-16(17-12(9)7-10(2)19-17)13-8-11(18)4-6-14(13)20-15/h3-8H,1-2H3/q+1. The summed E-state index contributed by atoms with van der Waals surface area (Å²) < 4.78 is 12.9. The van der Waals surface area contributed by atoms with Gasteiger partial charge in [0.1, 0.15) is 16.7 Å². The number of hydrogen-bond donors (Lipinski definition) is 0. The number of furan rings is 2. The van der Waals surface area contributed by atoms with E-state index >= 15 is 0 Å². The molecule has 1 aliphatic carbocycles. The molecule has 1 aromatic carbocycles. The van der Waals surface area contributed by atoms with E-state index < -0.39 is 0 Å². The van der Waals surface area contributed by atoms with Gasteiger partial charge in [-0.2, -0.15) is 0 Å². The Balaban J connectivity index is 2.31. The van der Waals surface area contributed by atoms with E-state index in [1.54, 1.807) is 0 Å². The van der Waals surface area contributed by atoms with Crippen molar-refractivity contribution in [1.29, 1.82) is 0 Å². The summed E-state index contributed by atoms with van der Waals surface area (Å²) in [7, 11) is 0. The van der Waals surface area contributed by atoms with E-state index in [2.05, 4.69) is 41.1 Å². The second-order valence-electron chi connectivity index (χ2n) is 5.10. The SMILES string of the molecule is Cc1cc2c(C)ccc3[o+]c4ccc(Br)cc4c-3c2o1. The van der Waals surface area contributed by atoms with Crippen LogP contribution in [0.5, 0.6) is 0 Å². The smallest absolute Gasteiger partial charge is 0.365 e. The molecule has 0 spiro atoms. The third kappa shape index (κ3) is 1.59. The molecule has 0 radical (unpaired) electrons. The maximum atomic E-state index is 5.96. The first-order valence-electron chi connectivity index (χ1n) is 6.48. The lowest BCUT2D eigenvalue weighted by atomic mass is 10.1. The molecule has 0 saturated heterocycles. The van der Waals surface area contributed by atoms with E-state index in [1.165, 1.54) is 5.56 Å². The van der Waals surface area contributed by atoms with Crippen LogP contribution in [0.4, 0.5) is 0 Å². The van der Waals surface area contributed by atoms with Gasteiger partial charge in [0.25, 0.3) is 0 Å². The molecule has 2 nitrogen and oxygen atoms in total. The minimum absolute atomic E-state index is 0.852. The lowest BCUT2D eigenvalue weighted by Gasteiger charge is -1.89. The summed E-state index contributed by atoms with van der Waals surface area (Å²) in [5.41, 5.74) is 4.00. The molecule has 2 aromatic rings. The first-order chi connectivity index (χ1) is 9.63. The van der Waals surface area contributed by atoms with Crippen LogP contribution in [-0.2, 0) is 0 Å². The second kappa shape index (κ2) is 4.06. The highest BCUT2D eigenvalue weighted by atomic mass is 79.9. The minimum Gasteiger partial charge on any atom is -0.460 e. The monoisotopic (exact) mass is 327 g/mol. The fourth-order valence-electron chi connectivity index (χ4n) is 2.72. The quantitative estimate of drug-likeness (QED) is 0.373. The molecule has 3 heteroatoms. The highest BCUT2D eigenvalue weighted by Gasteiger charge is 2.28. The van der Waals surface area contributed by atoms with E-state index in [1.807, 2.05) is 25.1 Å². The normalized spacial score (nSPS) is 11.8. The van der Waals surface area contributed by atoms with Gasteiger partial charge in [-0.3, -0.25) is 0 Å². The average molecular weight is 328 g/mol. The zero-order valence-corrected chi connectivity index (χ0v) is 12.7. The van der Waals surface area contributed by atoms with Crippen molar-refractivity contribution in [1.82, 2.24) is 0 Å². The van der Waals surface area contributed by atoms with Crippen LogP contribution < -0.4 is 0 Å². The maximum Gasteiger partial charge on any atom is 0.365 e. The highest BCUT2D eigenvalue weighted by Crippen LogP contribution is 2.41. The number of hydrogen-bond acceptors (Lipinski definition) is 1. The van der Waals surface area contributed by atoms with Crippen LogP contribution >= 0.6 is 15.9 Å². The minimum atomic E-state index is 0.852. The van der Waals surface area contributed by atoms with Gasteiger partial charge in [0.05, 0.1) is 0 Å². The average Bonchev–Trinajstić information content (AvgIpc) is 2.92. The maximum absolute atomic E-state index is 5.96. The van der Waals surface area contributed by atoms with Crippen LogP contribution in [0.3, 0.4) is 0 Å². The molecule has 0 fully saturated rings. The van der Waals surface area contributed by atoms with Gasteiger partial charge in [-0.25, -0.2) is 4.42 Å². The fraction of sp³-hybridized carbons (Fsp3) is 0.118. The molecule has 4 rings (SSSR count). The van der Waals surface area contributed by atoms with Crippen molar-refractivity contribution in [2.24, 2.45) is 0 Å². The molecule has 2 aliphatic rings. The Hall–Kier alpha value is -1.87. The summed E-state index contributed by atoms with van der Waals surface area (Å²) >= 11 is 3.53. The van der Waals surface area contributed by atoms with Crippen molar-refractivity contribution in [3.8, 4) is 11.3 Å². The Morgan fingerprint density at radius 1 is 1.00 bits per heavy atom. The van der Waals surface area contributed by atoms with Crippen molar-refractivity contribution in [3.05, 3.63) is 52.2 Å². The topological polar surface area (TPSA) is 24.4 Å². The predicted octanol–water partition coefficient (Wildman–Crippen LogP) is 5.94. The fourth-order valence-corrected chi connectivity index (χ4v) is 3.08. The second-order valence-corrected chi connectivity index (χ2v) is 6.01. The van der Waals surface area contributed by atoms with Gasteiger partial charge >= 0.3 is 11.3 Å². The summed E-state index contributed by atoms with van der Waals surface area (Å²) in [4.78, 5) is 0. The predicted molar refractivity (Wildman–Crippen MR) is 84.2 cm³/mol. The number of rotatable bonds is 0. The molecule has 0 atom stereocenters. The van der Waals surface area contributed by atoms with Crippen molar-refractivity contribution in [2.75, 3.05) is 0 Å². The zero-order chi connectivity index (χ0) is 13.9. The zero-order valence-electron chi connectivity index (χ0n) is 11.2. The highest BCUT2D eigenvalue weighted by molar-refractivity contribution is 9.10. The third-order valence-electron chi connectivity index (χ3n) is 3.67. The molecule has 0 bridgehead atoms. The Morgan fingerprint density at radius 2 is 1.85 bits per heavy atom. The lowest BCUT2D eigenvalue weighted by molar-refractivity contribution is 0.577. The number of halogens is 1. The molecule has 0 amide bonds. The largest absolute Gasteiger partial charge is 0.460 e. The lowest BCUT2D eigenvalue weighted by Crippen LogP contribution is -1.71.